The largest absolute Gasteiger partial charge is 0.291 e. The second-order valence-corrected chi connectivity index (χ2v) is 4.68. The van der Waals surface area contributed by atoms with E-state index >= 15 is 0 Å². The summed E-state index contributed by atoms with van der Waals surface area (Å²) in [5, 5.41) is 9.99. The number of nitrogens with one attached hydrogen (secondary N) is 1. The highest BCUT2D eigenvalue weighted by atomic mass is 32.1. The molecule has 0 aliphatic carbocycles. The topological polar surface area (TPSA) is 45.1 Å². The Morgan fingerprint density at radius 1 is 1.00 bits per heavy atom. The molecule has 3 aromatic rings. The minimum atomic E-state index is 0.640. The lowest BCUT2D eigenvalue weighted by atomic mass is 10.2. The smallest absolute Gasteiger partial charge is 0.124 e. The van der Waals surface area contributed by atoms with Crippen molar-refractivity contribution in [2.45, 2.75) is 0 Å². The molecule has 0 aliphatic heterocycles. The zero-order valence-corrected chi connectivity index (χ0v) is 9.74. The molecule has 1 heterocycles. The molecule has 0 fully saturated rings. The van der Waals surface area contributed by atoms with Gasteiger partial charge in [0.05, 0.1) is 10.4 Å². The van der Waals surface area contributed by atoms with E-state index in [1.54, 1.807) is 17.4 Å². The number of fused-ring (bicyclic) bond motifs is 1. The number of nitrogens with zero attached hydrogens (tertiary/aromatic N) is 1. The molecule has 0 aliphatic rings. The van der Waals surface area contributed by atoms with Gasteiger partial charge in [0.1, 0.15) is 10.5 Å². The van der Waals surface area contributed by atoms with Gasteiger partial charge >= 0.3 is 0 Å². The third kappa shape index (κ3) is 1.77. The molecule has 2 N–H and O–H groups in total. The molecule has 3 rings (SSSR count). The molecule has 17 heavy (non-hydrogen) atoms. The van der Waals surface area contributed by atoms with Crippen molar-refractivity contribution in [1.82, 2.24) is 4.98 Å². The van der Waals surface area contributed by atoms with Crippen molar-refractivity contribution < 1.29 is 5.21 Å². The van der Waals surface area contributed by atoms with Crippen molar-refractivity contribution in [3.8, 4) is 10.6 Å². The van der Waals surface area contributed by atoms with Gasteiger partial charge in [-0.3, -0.25) is 10.7 Å². The minimum absolute atomic E-state index is 0.640. The second-order valence-electron chi connectivity index (χ2n) is 3.65. The van der Waals surface area contributed by atoms with Crippen LogP contribution < -0.4 is 5.48 Å². The second kappa shape index (κ2) is 4.16. The summed E-state index contributed by atoms with van der Waals surface area (Å²) in [6.07, 6.45) is 0. The van der Waals surface area contributed by atoms with Crippen LogP contribution >= 0.6 is 11.3 Å². The molecule has 0 spiro atoms. The molecule has 2 aromatic carbocycles. The molecule has 0 radical (unpaired) electrons. The van der Waals surface area contributed by atoms with E-state index in [1.165, 1.54) is 0 Å². The van der Waals surface area contributed by atoms with Crippen LogP contribution in [0.15, 0.2) is 48.5 Å². The van der Waals surface area contributed by atoms with Crippen LogP contribution in [0.5, 0.6) is 0 Å². The lowest BCUT2D eigenvalue weighted by Crippen LogP contribution is -1.89. The van der Waals surface area contributed by atoms with E-state index < -0.39 is 0 Å². The first kappa shape index (κ1) is 10.3. The lowest BCUT2D eigenvalue weighted by Gasteiger charge is -1.97. The van der Waals surface area contributed by atoms with Crippen molar-refractivity contribution in [1.29, 1.82) is 0 Å². The van der Waals surface area contributed by atoms with Crippen LogP contribution in [0.2, 0.25) is 0 Å². The van der Waals surface area contributed by atoms with E-state index in [0.717, 1.165) is 20.8 Å². The fourth-order valence-electron chi connectivity index (χ4n) is 1.74. The van der Waals surface area contributed by atoms with Gasteiger partial charge in [0.2, 0.25) is 0 Å². The fraction of sp³-hybridized carbons (Fsp3) is 0. The molecular weight excluding hydrogens is 232 g/mol. The van der Waals surface area contributed by atoms with E-state index in [2.05, 4.69) is 10.5 Å². The maximum absolute atomic E-state index is 9.03. The van der Waals surface area contributed by atoms with E-state index in [4.69, 9.17) is 5.21 Å². The average molecular weight is 242 g/mol. The molecule has 0 atom stereocenters. The molecule has 4 heteroatoms. The van der Waals surface area contributed by atoms with Crippen molar-refractivity contribution >= 4 is 27.2 Å². The Kier molecular flexibility index (Phi) is 2.51. The zero-order valence-electron chi connectivity index (χ0n) is 8.92. The molecule has 0 saturated carbocycles. The summed E-state index contributed by atoms with van der Waals surface area (Å²) in [5.41, 5.74) is 4.72. The molecule has 3 nitrogen and oxygen atoms in total. The van der Waals surface area contributed by atoms with Crippen LogP contribution in [-0.2, 0) is 0 Å². The van der Waals surface area contributed by atoms with Crippen LogP contribution in [0.25, 0.3) is 20.8 Å². The Labute approximate surface area is 102 Å². The number of benzene rings is 2. The monoisotopic (exact) mass is 242 g/mol. The van der Waals surface area contributed by atoms with Crippen LogP contribution in [0.4, 0.5) is 5.69 Å². The molecule has 0 unspecified atom stereocenters. The van der Waals surface area contributed by atoms with Gasteiger partial charge in [-0.1, -0.05) is 36.4 Å². The van der Waals surface area contributed by atoms with E-state index in [0.29, 0.717) is 5.69 Å². The highest BCUT2D eigenvalue weighted by Gasteiger charge is 2.08. The molecule has 0 bridgehead atoms. The fourth-order valence-corrected chi connectivity index (χ4v) is 2.74. The van der Waals surface area contributed by atoms with Crippen molar-refractivity contribution in [2.75, 3.05) is 5.48 Å². The van der Waals surface area contributed by atoms with Crippen molar-refractivity contribution in [3.63, 3.8) is 0 Å². The minimum Gasteiger partial charge on any atom is -0.291 e. The number of anilines is 1. The summed E-state index contributed by atoms with van der Waals surface area (Å²) < 4.78 is 1.06. The van der Waals surface area contributed by atoms with Crippen LogP contribution in [0, 0.1) is 0 Å². The maximum atomic E-state index is 9.03. The van der Waals surface area contributed by atoms with Crippen molar-refractivity contribution in [3.05, 3.63) is 48.5 Å². The van der Waals surface area contributed by atoms with Gasteiger partial charge in [-0.2, -0.15) is 0 Å². The highest BCUT2D eigenvalue weighted by molar-refractivity contribution is 7.21. The van der Waals surface area contributed by atoms with Gasteiger partial charge in [0.25, 0.3) is 0 Å². The number of hydrogen-bond donors (Lipinski definition) is 2. The van der Waals surface area contributed by atoms with Gasteiger partial charge in [-0.25, -0.2) is 4.98 Å². The summed E-state index contributed by atoms with van der Waals surface area (Å²) in [6.45, 7) is 0. The van der Waals surface area contributed by atoms with Gasteiger partial charge in [0, 0.05) is 5.56 Å². The Balaban J connectivity index is 2.20. The average Bonchev–Trinajstić information content (AvgIpc) is 2.83. The number of hydrogen-bond acceptors (Lipinski definition) is 4. The Morgan fingerprint density at radius 2 is 1.82 bits per heavy atom. The van der Waals surface area contributed by atoms with Gasteiger partial charge in [0.15, 0.2) is 0 Å². The normalized spacial score (nSPS) is 10.6. The molecule has 0 saturated heterocycles. The Hall–Kier alpha value is -1.91. The first-order valence-corrected chi connectivity index (χ1v) is 6.05. The molecule has 84 valence electrons. The summed E-state index contributed by atoms with van der Waals surface area (Å²) in [6, 6.07) is 15.7. The predicted molar refractivity (Wildman–Crippen MR) is 70.5 cm³/mol. The summed E-state index contributed by atoms with van der Waals surface area (Å²) >= 11 is 1.62. The number of rotatable bonds is 2. The van der Waals surface area contributed by atoms with Crippen molar-refractivity contribution in [2.24, 2.45) is 0 Å². The number of para-hydroxylation sites is 1. The Bertz CT molecular complexity index is 649. The maximum Gasteiger partial charge on any atom is 0.124 e. The van der Waals surface area contributed by atoms with E-state index in [9.17, 15) is 0 Å². The molecule has 0 amide bonds. The first-order valence-electron chi connectivity index (χ1n) is 5.23. The molecule has 1 aromatic heterocycles. The van der Waals surface area contributed by atoms with Crippen LogP contribution in [0.1, 0.15) is 0 Å². The predicted octanol–water partition coefficient (Wildman–Crippen LogP) is 3.76. The first-order chi connectivity index (χ1) is 8.38. The third-order valence-electron chi connectivity index (χ3n) is 2.56. The number of thiazole rings is 1. The summed E-state index contributed by atoms with van der Waals surface area (Å²) in [7, 11) is 0. The van der Waals surface area contributed by atoms with E-state index in [1.807, 2.05) is 42.5 Å². The third-order valence-corrected chi connectivity index (χ3v) is 3.63. The summed E-state index contributed by atoms with van der Waals surface area (Å²) in [5.74, 6) is 0. The Morgan fingerprint density at radius 3 is 2.59 bits per heavy atom. The highest BCUT2D eigenvalue weighted by Crippen LogP contribution is 2.33. The lowest BCUT2D eigenvalue weighted by molar-refractivity contribution is 0.389. The quantitative estimate of drug-likeness (QED) is 0.672. The van der Waals surface area contributed by atoms with Gasteiger partial charge in [-0.05, 0) is 12.1 Å². The standard InChI is InChI=1S/C13H10N2OS/c16-15-10-7-4-8-11-12(10)14-13(17-11)9-5-2-1-3-6-9/h1-8,15-16H. The van der Waals surface area contributed by atoms with E-state index in [-0.39, 0.29) is 0 Å². The van der Waals surface area contributed by atoms with Gasteiger partial charge < -0.3 is 0 Å². The SMILES string of the molecule is ONc1cccc2sc(-c3ccccc3)nc12. The van der Waals surface area contributed by atoms with Gasteiger partial charge in [-0.15, -0.1) is 11.3 Å². The van der Waals surface area contributed by atoms with Crippen LogP contribution in [-0.4, -0.2) is 10.2 Å². The molecular formula is C13H10N2OS. The summed E-state index contributed by atoms with van der Waals surface area (Å²) in [4.78, 5) is 4.55. The van der Waals surface area contributed by atoms with Crippen LogP contribution in [0.3, 0.4) is 0 Å². The zero-order chi connectivity index (χ0) is 11.7. The number of aromatic nitrogens is 1.